The molecule has 3 aliphatic heterocycles. The molecule has 1 spiro atoms. The van der Waals surface area contributed by atoms with Crippen LogP contribution >= 0.6 is 0 Å². The van der Waals surface area contributed by atoms with Crippen molar-refractivity contribution in [3.63, 3.8) is 0 Å². The Morgan fingerprint density at radius 3 is 2.52 bits per heavy atom. The third-order valence-corrected chi connectivity index (χ3v) is 7.35. The van der Waals surface area contributed by atoms with E-state index < -0.39 is 5.79 Å². The number of anilines is 1. The summed E-state index contributed by atoms with van der Waals surface area (Å²) < 4.78 is 12.7. The van der Waals surface area contributed by atoms with Crippen molar-refractivity contribution >= 4 is 11.6 Å². The van der Waals surface area contributed by atoms with Gasteiger partial charge in [-0.3, -0.25) is 15.1 Å². The lowest BCUT2D eigenvalue weighted by molar-refractivity contribution is -0.231. The van der Waals surface area contributed by atoms with Crippen LogP contribution in [0, 0.1) is 5.92 Å². The summed E-state index contributed by atoms with van der Waals surface area (Å²) >= 11 is 0. The summed E-state index contributed by atoms with van der Waals surface area (Å²) in [6.07, 6.45) is 7.64. The number of nitrogens with zero attached hydrogens (tertiary/aromatic N) is 2. The van der Waals surface area contributed by atoms with Crippen molar-refractivity contribution in [2.45, 2.75) is 63.4 Å². The van der Waals surface area contributed by atoms with Crippen molar-refractivity contribution in [2.75, 3.05) is 31.1 Å². The Bertz CT molecular complexity index is 750. The Kier molecular flexibility index (Phi) is 5.14. The number of hydrazine groups is 1. The number of rotatable bonds is 3. The van der Waals surface area contributed by atoms with Crippen molar-refractivity contribution < 1.29 is 14.3 Å². The minimum Gasteiger partial charge on any atom is -0.462 e. The molecular formula is C22H32N4O3. The number of hydrogen-bond acceptors (Lipinski definition) is 6. The predicted molar refractivity (Wildman–Crippen MR) is 110 cm³/mol. The predicted octanol–water partition coefficient (Wildman–Crippen LogP) is 2.15. The largest absolute Gasteiger partial charge is 0.462 e. The van der Waals surface area contributed by atoms with Crippen molar-refractivity contribution in [2.24, 2.45) is 11.8 Å². The third kappa shape index (κ3) is 3.71. The van der Waals surface area contributed by atoms with Crippen LogP contribution in [0.5, 0.6) is 5.75 Å². The van der Waals surface area contributed by atoms with Crippen LogP contribution in [0.1, 0.15) is 50.5 Å². The molecular weight excluding hydrogens is 368 g/mol. The van der Waals surface area contributed by atoms with E-state index >= 15 is 0 Å². The number of fused-ring (bicyclic) bond motifs is 1. The molecule has 0 atom stereocenters. The monoisotopic (exact) mass is 400 g/mol. The van der Waals surface area contributed by atoms with E-state index in [-0.39, 0.29) is 11.8 Å². The van der Waals surface area contributed by atoms with Gasteiger partial charge in [0, 0.05) is 62.2 Å². The molecule has 0 radical (unpaired) electrons. The lowest BCUT2D eigenvalue weighted by Gasteiger charge is -2.47. The summed E-state index contributed by atoms with van der Waals surface area (Å²) in [7, 11) is 0. The van der Waals surface area contributed by atoms with Gasteiger partial charge in [0.05, 0.1) is 6.61 Å². The number of likely N-dealkylation sites (tertiary alicyclic amines) is 1. The van der Waals surface area contributed by atoms with Gasteiger partial charge in [-0.25, -0.2) is 5.84 Å². The average Bonchev–Trinajstić information content (AvgIpc) is 2.73. The van der Waals surface area contributed by atoms with E-state index in [4.69, 9.17) is 15.3 Å². The Morgan fingerprint density at radius 2 is 1.86 bits per heavy atom. The molecule has 0 unspecified atom stereocenters. The van der Waals surface area contributed by atoms with Gasteiger partial charge in [-0.2, -0.15) is 0 Å². The van der Waals surface area contributed by atoms with Gasteiger partial charge in [-0.15, -0.1) is 0 Å². The zero-order valence-electron chi connectivity index (χ0n) is 17.1. The topological polar surface area (TPSA) is 80.1 Å². The number of nitrogens with one attached hydrogen (secondary N) is 1. The van der Waals surface area contributed by atoms with E-state index in [1.165, 1.54) is 24.9 Å². The smallest absolute Gasteiger partial charge is 0.237 e. The van der Waals surface area contributed by atoms with Crippen LogP contribution in [0.15, 0.2) is 18.2 Å². The summed E-state index contributed by atoms with van der Waals surface area (Å²) in [6, 6.07) is 7.23. The molecule has 7 nitrogen and oxygen atoms in total. The van der Waals surface area contributed by atoms with E-state index in [2.05, 4.69) is 33.4 Å². The molecule has 4 aliphatic rings. The van der Waals surface area contributed by atoms with Crippen molar-refractivity contribution in [3.05, 3.63) is 23.8 Å². The lowest BCUT2D eigenvalue weighted by atomic mass is 9.89. The fourth-order valence-electron chi connectivity index (χ4n) is 5.16. The molecule has 1 saturated carbocycles. The molecule has 1 amide bonds. The van der Waals surface area contributed by atoms with Crippen molar-refractivity contribution in [1.82, 2.24) is 10.3 Å². The molecule has 158 valence electrons. The van der Waals surface area contributed by atoms with Gasteiger partial charge in [0.1, 0.15) is 5.75 Å². The molecule has 1 aliphatic carbocycles. The van der Waals surface area contributed by atoms with Gasteiger partial charge in [-0.1, -0.05) is 6.42 Å². The van der Waals surface area contributed by atoms with Crippen LogP contribution in [0.4, 0.5) is 5.69 Å². The number of ether oxygens (including phenoxy) is 2. The second-order valence-electron chi connectivity index (χ2n) is 8.98. The maximum Gasteiger partial charge on any atom is 0.237 e. The van der Waals surface area contributed by atoms with Crippen LogP contribution in [-0.4, -0.2) is 48.8 Å². The molecule has 3 fully saturated rings. The zero-order chi connectivity index (χ0) is 19.8. The molecule has 3 N–H and O–H groups in total. The molecule has 5 rings (SSSR count). The Labute approximate surface area is 172 Å². The van der Waals surface area contributed by atoms with Crippen molar-refractivity contribution in [1.29, 1.82) is 0 Å². The van der Waals surface area contributed by atoms with E-state index in [1.807, 2.05) is 0 Å². The maximum absolute atomic E-state index is 11.7. The summed E-state index contributed by atoms with van der Waals surface area (Å²) in [5.41, 5.74) is 4.58. The first-order valence-electron chi connectivity index (χ1n) is 11.1. The first-order chi connectivity index (χ1) is 14.2. The Balaban J connectivity index is 1.21. The average molecular weight is 401 g/mol. The molecule has 0 bridgehead atoms. The normalized spacial score (nSPS) is 25.2. The first-order valence-corrected chi connectivity index (χ1v) is 11.1. The molecule has 7 heteroatoms. The van der Waals surface area contributed by atoms with E-state index in [9.17, 15) is 4.79 Å². The van der Waals surface area contributed by atoms with Gasteiger partial charge in [0.2, 0.25) is 11.7 Å². The van der Waals surface area contributed by atoms with Crippen LogP contribution in [0.3, 0.4) is 0 Å². The van der Waals surface area contributed by atoms with Crippen LogP contribution in [0.2, 0.25) is 0 Å². The van der Waals surface area contributed by atoms with Crippen LogP contribution in [0.25, 0.3) is 0 Å². The minimum absolute atomic E-state index is 0.0196. The molecule has 2 saturated heterocycles. The summed E-state index contributed by atoms with van der Waals surface area (Å²) in [6.45, 7) is 4.48. The second kappa shape index (κ2) is 7.78. The summed E-state index contributed by atoms with van der Waals surface area (Å²) in [4.78, 5) is 16.7. The second-order valence-corrected chi connectivity index (χ2v) is 8.98. The fraction of sp³-hybridized carbons (Fsp3) is 0.682. The molecule has 29 heavy (non-hydrogen) atoms. The van der Waals surface area contributed by atoms with E-state index in [0.717, 1.165) is 69.2 Å². The number of piperidine rings is 2. The maximum atomic E-state index is 11.7. The molecule has 0 aromatic heterocycles. The first kappa shape index (κ1) is 19.2. The van der Waals surface area contributed by atoms with Gasteiger partial charge >= 0.3 is 0 Å². The highest BCUT2D eigenvalue weighted by molar-refractivity contribution is 5.78. The van der Waals surface area contributed by atoms with Crippen LogP contribution < -0.4 is 20.9 Å². The minimum atomic E-state index is -0.442. The molecule has 3 heterocycles. The number of carbonyl (C=O) groups is 1. The van der Waals surface area contributed by atoms with Gasteiger partial charge in [0.15, 0.2) is 0 Å². The molecule has 1 aromatic rings. The van der Waals surface area contributed by atoms with Gasteiger partial charge < -0.3 is 14.4 Å². The SMILES string of the molecule is NNC(=O)C1CCN(c2ccc3c(c2)COC2(CCN(C4CCC4)CC2)O3)CC1. The number of nitrogens with two attached hydrogens (primary N) is 1. The highest BCUT2D eigenvalue weighted by Gasteiger charge is 2.42. The number of amides is 1. The highest BCUT2D eigenvalue weighted by atomic mass is 16.7. The zero-order valence-corrected chi connectivity index (χ0v) is 17.1. The quantitative estimate of drug-likeness (QED) is 0.460. The van der Waals surface area contributed by atoms with E-state index in [1.54, 1.807) is 0 Å². The number of hydrogen-bond donors (Lipinski definition) is 2. The van der Waals surface area contributed by atoms with Gasteiger partial charge in [0.25, 0.3) is 0 Å². The standard InChI is InChI=1S/C22H32N4O3/c23-24-21(27)16-6-10-25(11-7-16)19-4-5-20-17(14-19)15-28-22(29-20)8-12-26(13-9-22)18-2-1-3-18/h4-5,14,16,18H,1-3,6-13,15,23H2,(H,24,27). The summed E-state index contributed by atoms with van der Waals surface area (Å²) in [5, 5.41) is 0. The molecule has 1 aromatic carbocycles. The van der Waals surface area contributed by atoms with Crippen molar-refractivity contribution in [3.8, 4) is 5.75 Å². The third-order valence-electron chi connectivity index (χ3n) is 7.35. The lowest BCUT2D eigenvalue weighted by Crippen LogP contribution is -2.54. The summed E-state index contributed by atoms with van der Waals surface area (Å²) in [5.74, 6) is 5.77. The van der Waals surface area contributed by atoms with E-state index in [0.29, 0.717) is 6.61 Å². The Morgan fingerprint density at radius 1 is 1.10 bits per heavy atom. The Hall–Kier alpha value is -1.83. The van der Waals surface area contributed by atoms with Crippen LogP contribution in [-0.2, 0) is 16.1 Å². The van der Waals surface area contributed by atoms with Gasteiger partial charge in [-0.05, 0) is 43.9 Å². The number of carbonyl (C=O) groups excluding carboxylic acids is 1. The fourth-order valence-corrected chi connectivity index (χ4v) is 5.16. The number of benzene rings is 1. The highest BCUT2D eigenvalue weighted by Crippen LogP contribution is 2.40.